The van der Waals surface area contributed by atoms with Crippen LogP contribution in [0, 0.1) is 0 Å². The molecule has 0 saturated heterocycles. The van der Waals surface area contributed by atoms with Gasteiger partial charge in [-0.15, -0.1) is 0 Å². The molecule has 0 radical (unpaired) electrons. The van der Waals surface area contributed by atoms with Crippen LogP contribution in [0.25, 0.3) is 0 Å². The molecule has 1 aliphatic rings. The summed E-state index contributed by atoms with van der Waals surface area (Å²) in [6, 6.07) is 21.1. The van der Waals surface area contributed by atoms with Gasteiger partial charge in [-0.05, 0) is 36.4 Å². The smallest absolute Gasteiger partial charge is 0.101 e. The molecule has 4 rings (SSSR count). The first-order valence-electron chi connectivity index (χ1n) is 6.57. The fourth-order valence-electron chi connectivity index (χ4n) is 2.12. The van der Waals surface area contributed by atoms with Crippen LogP contribution >= 0.6 is 35.3 Å². The number of aromatic nitrogens is 1. The summed E-state index contributed by atoms with van der Waals surface area (Å²) in [5.41, 5.74) is 0. The van der Waals surface area contributed by atoms with Crippen LogP contribution in [-0.2, 0) is 0 Å². The van der Waals surface area contributed by atoms with Gasteiger partial charge >= 0.3 is 0 Å². The second-order valence-corrected chi connectivity index (χ2v) is 7.70. The lowest BCUT2D eigenvalue weighted by Gasteiger charge is -2.20. The molecule has 0 N–H and O–H groups in total. The molecule has 4 heteroatoms. The molecule has 0 amide bonds. The van der Waals surface area contributed by atoms with Gasteiger partial charge in [-0.3, -0.25) is 0 Å². The molecule has 0 bridgehead atoms. The van der Waals surface area contributed by atoms with Crippen LogP contribution in [0.1, 0.15) is 0 Å². The minimum absolute atomic E-state index is 1.04. The Hall–Kier alpha value is -1.36. The summed E-state index contributed by atoms with van der Waals surface area (Å²) < 4.78 is 0. The summed E-state index contributed by atoms with van der Waals surface area (Å²) in [5, 5.41) is 1.04. The van der Waals surface area contributed by atoms with E-state index in [1.807, 2.05) is 41.9 Å². The van der Waals surface area contributed by atoms with Crippen molar-refractivity contribution in [3.05, 3.63) is 66.9 Å². The van der Waals surface area contributed by atoms with Crippen LogP contribution in [0.3, 0.4) is 0 Å². The number of hydrogen-bond acceptors (Lipinski definition) is 4. The molecule has 1 nitrogen and oxygen atoms in total. The molecule has 2 aromatic carbocycles. The second-order valence-electron chi connectivity index (χ2n) is 4.50. The lowest BCUT2D eigenvalue weighted by molar-refractivity contribution is 1.06. The Balaban J connectivity index is 1.73. The van der Waals surface area contributed by atoms with Crippen LogP contribution in [0.5, 0.6) is 0 Å². The number of rotatable bonds is 2. The fraction of sp³-hybridized carbons (Fsp3) is 0. The highest BCUT2D eigenvalue weighted by Gasteiger charge is 2.19. The van der Waals surface area contributed by atoms with Gasteiger partial charge in [0.25, 0.3) is 0 Å². The molecule has 0 saturated carbocycles. The summed E-state index contributed by atoms with van der Waals surface area (Å²) in [6.45, 7) is 0. The SMILES string of the molecule is c1ccc(Sc2cccc3c2Sc2ccccc2S3)nc1. The average molecular weight is 325 g/mol. The molecule has 21 heavy (non-hydrogen) atoms. The van der Waals surface area contributed by atoms with Crippen molar-refractivity contribution in [3.63, 3.8) is 0 Å². The van der Waals surface area contributed by atoms with Crippen molar-refractivity contribution in [1.29, 1.82) is 0 Å². The van der Waals surface area contributed by atoms with E-state index in [1.54, 1.807) is 11.8 Å². The molecule has 2 heterocycles. The van der Waals surface area contributed by atoms with E-state index in [9.17, 15) is 0 Å². The van der Waals surface area contributed by atoms with Crippen molar-refractivity contribution < 1.29 is 0 Å². The third-order valence-electron chi connectivity index (χ3n) is 3.08. The van der Waals surface area contributed by atoms with Gasteiger partial charge in [-0.2, -0.15) is 0 Å². The van der Waals surface area contributed by atoms with E-state index in [1.165, 1.54) is 24.5 Å². The number of benzene rings is 2. The summed E-state index contributed by atoms with van der Waals surface area (Å²) in [7, 11) is 0. The first kappa shape index (κ1) is 13.3. The molecule has 1 aromatic heterocycles. The Labute approximate surface area is 136 Å². The van der Waals surface area contributed by atoms with Crippen molar-refractivity contribution in [2.45, 2.75) is 29.5 Å². The quantitative estimate of drug-likeness (QED) is 0.458. The maximum Gasteiger partial charge on any atom is 0.101 e. The zero-order valence-corrected chi connectivity index (χ0v) is 13.5. The van der Waals surface area contributed by atoms with Crippen molar-refractivity contribution in [2.24, 2.45) is 0 Å². The number of pyridine rings is 1. The van der Waals surface area contributed by atoms with Crippen molar-refractivity contribution >= 4 is 35.3 Å². The Morgan fingerprint density at radius 3 is 2.29 bits per heavy atom. The van der Waals surface area contributed by atoms with Gasteiger partial charge in [0.15, 0.2) is 0 Å². The summed E-state index contributed by atoms with van der Waals surface area (Å²) in [4.78, 5) is 11.0. The molecule has 3 aromatic rings. The van der Waals surface area contributed by atoms with Crippen molar-refractivity contribution in [1.82, 2.24) is 4.98 Å². The molecule has 0 fully saturated rings. The molecular weight excluding hydrogens is 314 g/mol. The highest BCUT2D eigenvalue weighted by atomic mass is 32.2. The van der Waals surface area contributed by atoms with Gasteiger partial charge in [-0.1, -0.05) is 59.6 Å². The monoisotopic (exact) mass is 325 g/mol. The van der Waals surface area contributed by atoms with Crippen LogP contribution in [-0.4, -0.2) is 4.98 Å². The summed E-state index contributed by atoms with van der Waals surface area (Å²) >= 11 is 5.44. The van der Waals surface area contributed by atoms with E-state index in [0.29, 0.717) is 0 Å². The standard InChI is InChI=1S/C17H11NS3/c1-2-7-13-12(6-1)19-14-8-5-9-15(17(14)21-13)20-16-10-3-4-11-18-16/h1-11H. The van der Waals surface area contributed by atoms with Gasteiger partial charge in [0.2, 0.25) is 0 Å². The van der Waals surface area contributed by atoms with E-state index < -0.39 is 0 Å². The van der Waals surface area contributed by atoms with Gasteiger partial charge in [0.1, 0.15) is 5.03 Å². The molecule has 0 atom stereocenters. The third-order valence-corrected chi connectivity index (χ3v) is 6.83. The molecule has 0 unspecified atom stereocenters. The minimum atomic E-state index is 1.04. The first-order valence-corrected chi connectivity index (χ1v) is 9.02. The summed E-state index contributed by atoms with van der Waals surface area (Å²) in [6.07, 6.45) is 1.84. The average Bonchev–Trinajstić information content (AvgIpc) is 2.54. The zero-order chi connectivity index (χ0) is 14.1. The Morgan fingerprint density at radius 1 is 0.714 bits per heavy atom. The van der Waals surface area contributed by atoms with Crippen molar-refractivity contribution in [2.75, 3.05) is 0 Å². The molecule has 0 spiro atoms. The highest BCUT2D eigenvalue weighted by Crippen LogP contribution is 2.51. The lowest BCUT2D eigenvalue weighted by Crippen LogP contribution is -1.91. The Bertz CT molecular complexity index is 787. The largest absolute Gasteiger partial charge is 0.250 e. The van der Waals surface area contributed by atoms with E-state index >= 15 is 0 Å². The lowest BCUT2D eigenvalue weighted by atomic mass is 10.3. The maximum absolute atomic E-state index is 4.41. The second kappa shape index (κ2) is 5.79. The number of hydrogen-bond donors (Lipinski definition) is 0. The van der Waals surface area contributed by atoms with E-state index in [2.05, 4.69) is 53.5 Å². The minimum Gasteiger partial charge on any atom is -0.250 e. The maximum atomic E-state index is 4.41. The van der Waals surface area contributed by atoms with Crippen molar-refractivity contribution in [3.8, 4) is 0 Å². The van der Waals surface area contributed by atoms with Gasteiger partial charge in [-0.25, -0.2) is 4.98 Å². The predicted molar refractivity (Wildman–Crippen MR) is 89.5 cm³/mol. The van der Waals surface area contributed by atoms with E-state index in [-0.39, 0.29) is 0 Å². The van der Waals surface area contributed by atoms with E-state index in [4.69, 9.17) is 0 Å². The van der Waals surface area contributed by atoms with Gasteiger partial charge in [0, 0.05) is 30.7 Å². The zero-order valence-electron chi connectivity index (χ0n) is 11.0. The van der Waals surface area contributed by atoms with Crippen LogP contribution in [0.15, 0.2) is 96.4 Å². The Kier molecular flexibility index (Phi) is 3.67. The molecule has 0 aliphatic carbocycles. The third kappa shape index (κ3) is 2.71. The summed E-state index contributed by atoms with van der Waals surface area (Å²) in [5.74, 6) is 0. The van der Waals surface area contributed by atoms with Crippen LogP contribution < -0.4 is 0 Å². The fourth-order valence-corrected chi connectivity index (χ4v) is 5.55. The van der Waals surface area contributed by atoms with Gasteiger partial charge in [0.05, 0.1) is 0 Å². The molecule has 1 aliphatic heterocycles. The highest BCUT2D eigenvalue weighted by molar-refractivity contribution is 8.06. The normalized spacial score (nSPS) is 12.6. The predicted octanol–water partition coefficient (Wildman–Crippen LogP) is 5.85. The topological polar surface area (TPSA) is 12.9 Å². The Morgan fingerprint density at radius 2 is 1.48 bits per heavy atom. The number of nitrogens with zero attached hydrogens (tertiary/aromatic N) is 1. The van der Waals surface area contributed by atoms with Crippen LogP contribution in [0.2, 0.25) is 0 Å². The molecule has 102 valence electrons. The first-order chi connectivity index (χ1) is 10.4. The van der Waals surface area contributed by atoms with E-state index in [0.717, 1.165) is 5.03 Å². The van der Waals surface area contributed by atoms with Crippen LogP contribution in [0.4, 0.5) is 0 Å². The number of fused-ring (bicyclic) bond motifs is 2. The van der Waals surface area contributed by atoms with Gasteiger partial charge < -0.3 is 0 Å². The molecular formula is C17H11NS3.